The molecule has 0 radical (unpaired) electrons. The van der Waals surface area contributed by atoms with E-state index in [9.17, 15) is 9.59 Å². The lowest BCUT2D eigenvalue weighted by Crippen LogP contribution is -2.49. The number of aryl methyl sites for hydroxylation is 1. The monoisotopic (exact) mass is 371 g/mol. The van der Waals surface area contributed by atoms with Crippen molar-refractivity contribution < 1.29 is 9.59 Å². The standard InChI is InChI=1S/C23H21N3O2/c1-14-2-4-16(5-3-14)19-11-18-10-17(15-6-7-15)12-20(22(18)24-13-19)26-9-8-21(27)25-23(26)28/h2-5,10-13,15H,6-9H2,1H3,(H,25,27,28). The molecule has 2 fully saturated rings. The summed E-state index contributed by atoms with van der Waals surface area (Å²) in [5.41, 5.74) is 6.24. The van der Waals surface area contributed by atoms with Crippen molar-refractivity contribution in [2.45, 2.75) is 32.1 Å². The third-order valence-corrected chi connectivity index (χ3v) is 5.56. The van der Waals surface area contributed by atoms with Gasteiger partial charge in [0.1, 0.15) is 0 Å². The van der Waals surface area contributed by atoms with E-state index in [1.165, 1.54) is 24.0 Å². The van der Waals surface area contributed by atoms with Crippen molar-refractivity contribution >= 4 is 28.5 Å². The number of amides is 3. The van der Waals surface area contributed by atoms with Crippen LogP contribution in [0.2, 0.25) is 0 Å². The van der Waals surface area contributed by atoms with Gasteiger partial charge in [0.2, 0.25) is 5.91 Å². The van der Waals surface area contributed by atoms with Crippen molar-refractivity contribution in [3.05, 3.63) is 59.8 Å². The van der Waals surface area contributed by atoms with Crippen LogP contribution in [-0.4, -0.2) is 23.5 Å². The van der Waals surface area contributed by atoms with Gasteiger partial charge in [0.15, 0.2) is 0 Å². The largest absolute Gasteiger partial charge is 0.328 e. The smallest absolute Gasteiger partial charge is 0.291 e. The van der Waals surface area contributed by atoms with E-state index in [4.69, 9.17) is 4.98 Å². The number of carbonyl (C=O) groups excluding carboxylic acids is 2. The normalized spacial score (nSPS) is 17.1. The number of nitrogens with one attached hydrogen (secondary N) is 1. The molecule has 2 heterocycles. The van der Waals surface area contributed by atoms with Crippen LogP contribution in [0.5, 0.6) is 0 Å². The van der Waals surface area contributed by atoms with E-state index in [0.717, 1.165) is 27.7 Å². The van der Waals surface area contributed by atoms with Gasteiger partial charge >= 0.3 is 6.03 Å². The van der Waals surface area contributed by atoms with Crippen LogP contribution in [0.25, 0.3) is 22.0 Å². The summed E-state index contributed by atoms with van der Waals surface area (Å²) in [5, 5.41) is 3.45. The van der Waals surface area contributed by atoms with Crippen LogP contribution in [-0.2, 0) is 4.79 Å². The minimum absolute atomic E-state index is 0.224. The van der Waals surface area contributed by atoms with Crippen molar-refractivity contribution in [3.8, 4) is 11.1 Å². The first-order chi connectivity index (χ1) is 13.6. The number of fused-ring (bicyclic) bond motifs is 1. The van der Waals surface area contributed by atoms with Crippen LogP contribution in [0.4, 0.5) is 10.5 Å². The first kappa shape index (κ1) is 16.9. The highest BCUT2D eigenvalue weighted by Crippen LogP contribution is 2.43. The summed E-state index contributed by atoms with van der Waals surface area (Å²) < 4.78 is 0. The Bertz CT molecular complexity index is 1100. The molecule has 3 amide bonds. The van der Waals surface area contributed by atoms with Gasteiger partial charge in [-0.3, -0.25) is 20.0 Å². The average Bonchev–Trinajstić information content (AvgIpc) is 3.53. The van der Waals surface area contributed by atoms with Crippen LogP contribution in [0.15, 0.2) is 48.7 Å². The molecule has 140 valence electrons. The molecule has 2 aliphatic rings. The zero-order chi connectivity index (χ0) is 19.3. The number of hydrogen-bond acceptors (Lipinski definition) is 3. The van der Waals surface area contributed by atoms with Gasteiger partial charge in [0.25, 0.3) is 0 Å². The summed E-state index contributed by atoms with van der Waals surface area (Å²) in [6.45, 7) is 2.46. The first-order valence-electron chi connectivity index (χ1n) is 9.70. The molecule has 5 heteroatoms. The Labute approximate surface area is 163 Å². The molecule has 1 N–H and O–H groups in total. The summed E-state index contributed by atoms with van der Waals surface area (Å²) in [6, 6.07) is 14.5. The van der Waals surface area contributed by atoms with Crippen molar-refractivity contribution in [2.24, 2.45) is 0 Å². The number of pyridine rings is 1. The molecule has 1 saturated heterocycles. The van der Waals surface area contributed by atoms with Crippen molar-refractivity contribution in [3.63, 3.8) is 0 Å². The van der Waals surface area contributed by atoms with E-state index in [-0.39, 0.29) is 11.9 Å². The highest BCUT2D eigenvalue weighted by Gasteiger charge is 2.29. The number of urea groups is 1. The summed E-state index contributed by atoms with van der Waals surface area (Å²) in [5.74, 6) is 0.333. The maximum absolute atomic E-state index is 12.4. The predicted octanol–water partition coefficient (Wildman–Crippen LogP) is 4.53. The van der Waals surface area contributed by atoms with Gasteiger partial charge in [-0.1, -0.05) is 29.8 Å². The molecule has 5 nitrogen and oxygen atoms in total. The average molecular weight is 371 g/mol. The summed E-state index contributed by atoms with van der Waals surface area (Å²) in [4.78, 5) is 30.4. The van der Waals surface area contributed by atoms with Gasteiger partial charge in [0, 0.05) is 30.1 Å². The number of anilines is 1. The van der Waals surface area contributed by atoms with E-state index in [2.05, 4.69) is 54.7 Å². The summed E-state index contributed by atoms with van der Waals surface area (Å²) in [7, 11) is 0. The Morgan fingerprint density at radius 1 is 1.04 bits per heavy atom. The minimum atomic E-state index is -0.366. The molecule has 1 aliphatic heterocycles. The fourth-order valence-corrected chi connectivity index (χ4v) is 3.81. The summed E-state index contributed by atoms with van der Waals surface area (Å²) >= 11 is 0. The second kappa shape index (κ2) is 6.44. The minimum Gasteiger partial charge on any atom is -0.291 e. The van der Waals surface area contributed by atoms with Crippen LogP contribution in [0.3, 0.4) is 0 Å². The number of aromatic nitrogens is 1. The second-order valence-electron chi connectivity index (χ2n) is 7.73. The van der Waals surface area contributed by atoms with Gasteiger partial charge in [-0.2, -0.15) is 0 Å². The van der Waals surface area contributed by atoms with Gasteiger partial charge in [0.05, 0.1) is 11.2 Å². The molecule has 0 bridgehead atoms. The van der Waals surface area contributed by atoms with Crippen LogP contribution < -0.4 is 10.2 Å². The zero-order valence-corrected chi connectivity index (χ0v) is 15.7. The molecule has 2 aromatic carbocycles. The zero-order valence-electron chi connectivity index (χ0n) is 15.7. The molecule has 5 rings (SSSR count). The number of hydrogen-bond donors (Lipinski definition) is 1. The number of nitrogens with zero attached hydrogens (tertiary/aromatic N) is 2. The molecule has 3 aromatic rings. The van der Waals surface area contributed by atoms with Crippen molar-refractivity contribution in [1.82, 2.24) is 10.3 Å². The fourth-order valence-electron chi connectivity index (χ4n) is 3.81. The molecule has 0 spiro atoms. The molecule has 0 atom stereocenters. The molecular formula is C23H21N3O2. The third-order valence-electron chi connectivity index (χ3n) is 5.56. The third kappa shape index (κ3) is 3.03. The molecule has 0 unspecified atom stereocenters. The maximum Gasteiger partial charge on any atom is 0.328 e. The molecule has 1 aromatic heterocycles. The van der Waals surface area contributed by atoms with E-state index in [0.29, 0.717) is 18.9 Å². The Balaban J connectivity index is 1.64. The van der Waals surface area contributed by atoms with Crippen molar-refractivity contribution in [2.75, 3.05) is 11.4 Å². The molecular weight excluding hydrogens is 350 g/mol. The number of benzene rings is 2. The lowest BCUT2D eigenvalue weighted by molar-refractivity contribution is -0.120. The Morgan fingerprint density at radius 2 is 1.82 bits per heavy atom. The molecule has 1 aliphatic carbocycles. The van der Waals surface area contributed by atoms with Crippen LogP contribution in [0, 0.1) is 6.92 Å². The van der Waals surface area contributed by atoms with E-state index >= 15 is 0 Å². The Hall–Kier alpha value is -3.21. The molecule has 1 saturated carbocycles. The lowest BCUT2D eigenvalue weighted by Gasteiger charge is -2.28. The molecule has 28 heavy (non-hydrogen) atoms. The first-order valence-corrected chi connectivity index (χ1v) is 9.70. The van der Waals surface area contributed by atoms with E-state index in [1.807, 2.05) is 6.20 Å². The van der Waals surface area contributed by atoms with Crippen LogP contribution in [0.1, 0.15) is 36.3 Å². The van der Waals surface area contributed by atoms with Gasteiger partial charge in [-0.25, -0.2) is 4.79 Å². The fraction of sp³-hybridized carbons (Fsp3) is 0.261. The van der Waals surface area contributed by atoms with Gasteiger partial charge in [-0.05, 0) is 55.0 Å². The highest BCUT2D eigenvalue weighted by atomic mass is 16.2. The lowest BCUT2D eigenvalue weighted by atomic mass is 10.0. The Morgan fingerprint density at radius 3 is 2.54 bits per heavy atom. The van der Waals surface area contributed by atoms with E-state index in [1.54, 1.807) is 4.90 Å². The van der Waals surface area contributed by atoms with Gasteiger partial charge in [-0.15, -0.1) is 0 Å². The predicted molar refractivity (Wildman–Crippen MR) is 109 cm³/mol. The SMILES string of the molecule is Cc1ccc(-c2cnc3c(N4CCC(=O)NC4=O)cc(C4CC4)cc3c2)cc1. The number of carbonyl (C=O) groups is 2. The van der Waals surface area contributed by atoms with Crippen LogP contribution >= 0.6 is 0 Å². The number of imide groups is 1. The number of rotatable bonds is 3. The van der Waals surface area contributed by atoms with Gasteiger partial charge < -0.3 is 0 Å². The van der Waals surface area contributed by atoms with E-state index < -0.39 is 0 Å². The van der Waals surface area contributed by atoms with Crippen molar-refractivity contribution in [1.29, 1.82) is 0 Å². The summed E-state index contributed by atoms with van der Waals surface area (Å²) in [6.07, 6.45) is 4.53. The Kier molecular flexibility index (Phi) is 3.90. The second-order valence-corrected chi connectivity index (χ2v) is 7.73. The quantitative estimate of drug-likeness (QED) is 0.735. The highest BCUT2D eigenvalue weighted by molar-refractivity contribution is 6.09. The maximum atomic E-state index is 12.4. The topological polar surface area (TPSA) is 62.3 Å².